The first kappa shape index (κ1) is 31.6. The summed E-state index contributed by atoms with van der Waals surface area (Å²) in [5.74, 6) is -0.341. The molecule has 50 heavy (non-hydrogen) atoms. The summed E-state index contributed by atoms with van der Waals surface area (Å²) in [6.07, 6.45) is 0.975. The van der Waals surface area contributed by atoms with E-state index in [9.17, 15) is 19.2 Å². The van der Waals surface area contributed by atoms with Gasteiger partial charge in [0, 0.05) is 79.6 Å². The van der Waals surface area contributed by atoms with Crippen molar-refractivity contribution in [2.75, 3.05) is 47.8 Å². The van der Waals surface area contributed by atoms with Gasteiger partial charge < -0.3 is 29.0 Å². The molecule has 3 atom stereocenters. The molecule has 3 aromatic carbocycles. The minimum Gasteiger partial charge on any atom is -0.422 e. The first-order chi connectivity index (χ1) is 24.2. The molecule has 0 radical (unpaired) electrons. The quantitative estimate of drug-likeness (QED) is 0.247. The Hall–Kier alpha value is -5.64. The maximum atomic E-state index is 14.1. The van der Waals surface area contributed by atoms with Crippen LogP contribution in [0.5, 0.6) is 0 Å². The van der Waals surface area contributed by atoms with Gasteiger partial charge in [0.15, 0.2) is 0 Å². The highest BCUT2D eigenvalue weighted by molar-refractivity contribution is 6.08. The molecule has 3 aliphatic rings. The SMILES string of the molecule is Cc1cccc(N2CCN(C(=O)c3ccc(N4C[C@H]5C[C@@H](C4)c4cccc(=O)n4C5)c(NC(=O)c4cc5ccccc5oc4=O)c3)C[C@@H]2C)c1. The summed E-state index contributed by atoms with van der Waals surface area (Å²) in [6, 6.07) is 28.0. The number of amides is 2. The molecule has 2 fully saturated rings. The summed E-state index contributed by atoms with van der Waals surface area (Å²) >= 11 is 0. The number of benzene rings is 3. The number of aromatic nitrogens is 1. The largest absolute Gasteiger partial charge is 0.422 e. The van der Waals surface area contributed by atoms with E-state index >= 15 is 0 Å². The zero-order chi connectivity index (χ0) is 34.5. The fourth-order valence-corrected chi connectivity index (χ4v) is 8.06. The van der Waals surface area contributed by atoms with E-state index in [4.69, 9.17) is 4.42 Å². The van der Waals surface area contributed by atoms with Gasteiger partial charge in [-0.2, -0.15) is 0 Å². The molecule has 3 aliphatic heterocycles. The highest BCUT2D eigenvalue weighted by Gasteiger charge is 2.36. The summed E-state index contributed by atoms with van der Waals surface area (Å²) in [7, 11) is 0. The van der Waals surface area contributed by atoms with Crippen molar-refractivity contribution in [2.24, 2.45) is 5.92 Å². The molecule has 0 unspecified atom stereocenters. The number of hydrogen-bond donors (Lipinski definition) is 1. The van der Waals surface area contributed by atoms with E-state index in [1.165, 1.54) is 5.56 Å². The number of carbonyl (C=O) groups excluding carboxylic acids is 2. The summed E-state index contributed by atoms with van der Waals surface area (Å²) in [5.41, 5.74) is 4.60. The predicted molar refractivity (Wildman–Crippen MR) is 195 cm³/mol. The van der Waals surface area contributed by atoms with E-state index in [1.54, 1.807) is 36.4 Å². The molecule has 5 heterocycles. The number of carbonyl (C=O) groups is 2. The van der Waals surface area contributed by atoms with Gasteiger partial charge in [-0.05, 0) is 80.3 Å². The Morgan fingerprint density at radius 3 is 2.52 bits per heavy atom. The lowest BCUT2D eigenvalue weighted by Crippen LogP contribution is -2.53. The van der Waals surface area contributed by atoms with Gasteiger partial charge in [-0.15, -0.1) is 0 Å². The normalized spacial score (nSPS) is 20.0. The average Bonchev–Trinajstić information content (AvgIpc) is 3.11. The van der Waals surface area contributed by atoms with Crippen LogP contribution in [0.3, 0.4) is 0 Å². The van der Waals surface area contributed by atoms with Crippen LogP contribution in [0, 0.1) is 12.8 Å². The van der Waals surface area contributed by atoms with Crippen molar-refractivity contribution in [2.45, 2.75) is 38.8 Å². The number of nitrogens with one attached hydrogen (secondary N) is 1. The first-order valence-electron chi connectivity index (χ1n) is 17.3. The topological polar surface area (TPSA) is 108 Å². The first-order valence-corrected chi connectivity index (χ1v) is 17.3. The van der Waals surface area contributed by atoms with Crippen LogP contribution in [0.2, 0.25) is 0 Å². The van der Waals surface area contributed by atoms with E-state index < -0.39 is 11.5 Å². The average molecular weight is 670 g/mol. The van der Waals surface area contributed by atoms with Crippen molar-refractivity contribution in [3.63, 3.8) is 0 Å². The molecule has 5 aromatic rings. The number of rotatable bonds is 5. The van der Waals surface area contributed by atoms with Gasteiger partial charge in [0.1, 0.15) is 11.1 Å². The van der Waals surface area contributed by atoms with E-state index in [2.05, 4.69) is 53.2 Å². The molecule has 2 saturated heterocycles. The summed E-state index contributed by atoms with van der Waals surface area (Å²) < 4.78 is 7.36. The predicted octanol–water partition coefficient (Wildman–Crippen LogP) is 5.49. The molecule has 0 aliphatic carbocycles. The monoisotopic (exact) mass is 669 g/mol. The maximum absolute atomic E-state index is 14.1. The minimum absolute atomic E-state index is 0.0183. The number of pyridine rings is 1. The Morgan fingerprint density at radius 1 is 0.840 bits per heavy atom. The molecule has 0 spiro atoms. The van der Waals surface area contributed by atoms with Crippen LogP contribution in [0.4, 0.5) is 17.1 Å². The number of piperazine rings is 1. The molecule has 10 heteroatoms. The Labute approximate surface area is 289 Å². The highest BCUT2D eigenvalue weighted by Crippen LogP contribution is 2.39. The standard InChI is InChI=1S/C40H39N5O5/c1-25-7-5-9-31(17-25)44-16-15-42(21-26(44)2)39(48)29-13-14-35(43-22-27-18-30(24-43)34-10-6-12-37(46)45(34)23-27)33(20-29)41-38(47)32-19-28-8-3-4-11-36(28)50-40(32)49/h3-14,17,19-20,26-27,30H,15-16,18,21-24H2,1-2H3,(H,41,47)/t26-,27+,30-/m0/s1. The van der Waals surface area contributed by atoms with Crippen LogP contribution in [0.25, 0.3) is 11.0 Å². The number of anilines is 3. The summed E-state index contributed by atoms with van der Waals surface area (Å²) in [6.45, 7) is 8.00. The van der Waals surface area contributed by atoms with Crippen molar-refractivity contribution in [3.05, 3.63) is 134 Å². The number of aryl methyl sites for hydroxylation is 1. The van der Waals surface area contributed by atoms with Crippen molar-refractivity contribution in [1.29, 1.82) is 0 Å². The van der Waals surface area contributed by atoms with Gasteiger partial charge in [0.25, 0.3) is 17.4 Å². The number of hydrogen-bond acceptors (Lipinski definition) is 7. The lowest BCUT2D eigenvalue weighted by atomic mass is 9.83. The lowest BCUT2D eigenvalue weighted by Gasteiger charge is -2.44. The van der Waals surface area contributed by atoms with Gasteiger partial charge in [-0.25, -0.2) is 4.79 Å². The second-order valence-corrected chi connectivity index (χ2v) is 13.9. The lowest BCUT2D eigenvalue weighted by molar-refractivity contribution is 0.0726. The van der Waals surface area contributed by atoms with E-state index in [1.807, 2.05) is 39.8 Å². The number of piperidine rings is 1. The third-order valence-corrected chi connectivity index (χ3v) is 10.4. The van der Waals surface area contributed by atoms with Crippen molar-refractivity contribution >= 4 is 39.8 Å². The molecule has 8 rings (SSSR count). The molecule has 2 bridgehead atoms. The van der Waals surface area contributed by atoms with Gasteiger partial charge in [-0.1, -0.05) is 36.4 Å². The van der Waals surface area contributed by atoms with Crippen molar-refractivity contribution in [1.82, 2.24) is 9.47 Å². The van der Waals surface area contributed by atoms with Gasteiger partial charge in [0.05, 0.1) is 11.4 Å². The van der Waals surface area contributed by atoms with Gasteiger partial charge >= 0.3 is 5.63 Å². The molecule has 2 amide bonds. The highest BCUT2D eigenvalue weighted by atomic mass is 16.4. The Bertz CT molecular complexity index is 2260. The van der Waals surface area contributed by atoms with Crippen LogP contribution in [-0.2, 0) is 6.54 Å². The van der Waals surface area contributed by atoms with Crippen molar-refractivity contribution < 1.29 is 14.0 Å². The molecular formula is C40H39N5O5. The molecule has 254 valence electrons. The fourth-order valence-electron chi connectivity index (χ4n) is 8.06. The third-order valence-electron chi connectivity index (χ3n) is 10.4. The molecular weight excluding hydrogens is 630 g/mol. The number of para-hydroxylation sites is 1. The van der Waals surface area contributed by atoms with Gasteiger partial charge in [0.2, 0.25) is 0 Å². The number of nitrogens with zero attached hydrogens (tertiary/aromatic N) is 4. The zero-order valence-corrected chi connectivity index (χ0v) is 28.2. The summed E-state index contributed by atoms with van der Waals surface area (Å²) in [4.78, 5) is 59.9. The maximum Gasteiger partial charge on any atom is 0.349 e. The van der Waals surface area contributed by atoms with E-state index in [0.717, 1.165) is 23.5 Å². The Morgan fingerprint density at radius 2 is 1.68 bits per heavy atom. The van der Waals surface area contributed by atoms with Crippen LogP contribution in [-0.4, -0.2) is 60.0 Å². The minimum atomic E-state index is -0.731. The van der Waals surface area contributed by atoms with E-state index in [-0.39, 0.29) is 34.9 Å². The second-order valence-electron chi connectivity index (χ2n) is 13.9. The smallest absolute Gasteiger partial charge is 0.349 e. The van der Waals surface area contributed by atoms with Crippen LogP contribution < -0.4 is 26.3 Å². The summed E-state index contributed by atoms with van der Waals surface area (Å²) in [5, 5.41) is 3.63. The van der Waals surface area contributed by atoms with Crippen LogP contribution >= 0.6 is 0 Å². The Balaban J connectivity index is 1.11. The van der Waals surface area contributed by atoms with Crippen molar-refractivity contribution in [3.8, 4) is 0 Å². The van der Waals surface area contributed by atoms with Crippen LogP contribution in [0.15, 0.2) is 105 Å². The van der Waals surface area contributed by atoms with Gasteiger partial charge in [-0.3, -0.25) is 14.4 Å². The molecule has 2 aromatic heterocycles. The molecule has 10 nitrogen and oxygen atoms in total. The Kier molecular flexibility index (Phi) is 8.01. The number of fused-ring (bicyclic) bond motifs is 5. The third kappa shape index (κ3) is 5.84. The molecule has 0 saturated carbocycles. The zero-order valence-electron chi connectivity index (χ0n) is 28.2. The molecule has 1 N–H and O–H groups in total. The fraction of sp³-hybridized carbons (Fsp3) is 0.300. The van der Waals surface area contributed by atoms with Crippen LogP contribution in [0.1, 0.15) is 51.2 Å². The van der Waals surface area contributed by atoms with E-state index in [0.29, 0.717) is 61.5 Å². The second kappa shape index (κ2) is 12.7.